The molecule has 132 valence electrons. The van der Waals surface area contributed by atoms with Crippen LogP contribution >= 0.6 is 11.6 Å². The Morgan fingerprint density at radius 1 is 1.36 bits per heavy atom. The second-order valence-electron chi connectivity index (χ2n) is 4.78. The molecule has 9 heteroatoms. The summed E-state index contributed by atoms with van der Waals surface area (Å²) in [6.45, 7) is 1.86. The Hall–Kier alpha value is -2.61. The molecule has 0 fully saturated rings. The van der Waals surface area contributed by atoms with Gasteiger partial charge in [0.2, 0.25) is 0 Å². The number of benzene rings is 1. The van der Waals surface area contributed by atoms with Crippen LogP contribution in [0, 0.1) is 0 Å². The van der Waals surface area contributed by atoms with Gasteiger partial charge in [-0.25, -0.2) is 4.79 Å². The number of rotatable bonds is 4. The molecule has 0 atom stereocenters. The molecule has 0 radical (unpaired) electrons. The smallest absolute Gasteiger partial charge is 0.418 e. The molecule has 1 aromatic carbocycles. The van der Waals surface area contributed by atoms with E-state index in [4.69, 9.17) is 16.3 Å². The summed E-state index contributed by atoms with van der Waals surface area (Å²) in [6.07, 6.45) is -1.57. The lowest BCUT2D eigenvalue weighted by molar-refractivity contribution is -0.138. The van der Waals surface area contributed by atoms with Crippen LogP contribution < -0.4 is 5.56 Å². The Balaban J connectivity index is 2.40. The van der Waals surface area contributed by atoms with Crippen LogP contribution in [0.2, 0.25) is 5.02 Å². The van der Waals surface area contributed by atoms with Gasteiger partial charge in [-0.1, -0.05) is 11.6 Å². The molecule has 1 aromatic heterocycles. The molecular weight excluding hydrogens is 361 g/mol. The molecule has 0 aliphatic rings. The molecule has 0 saturated heterocycles. The average molecular weight is 373 g/mol. The number of ether oxygens (including phenoxy) is 1. The van der Waals surface area contributed by atoms with E-state index in [1.54, 1.807) is 6.92 Å². The fourth-order valence-corrected chi connectivity index (χ4v) is 2.08. The molecule has 2 aromatic rings. The zero-order valence-electron chi connectivity index (χ0n) is 12.9. The average Bonchev–Trinajstić information content (AvgIpc) is 2.53. The molecule has 0 spiro atoms. The highest BCUT2D eigenvalue weighted by Crippen LogP contribution is 2.27. The summed E-state index contributed by atoms with van der Waals surface area (Å²) in [6, 6.07) is 4.73. The SMILES string of the molecule is CCOC(=O)/C=C/c1cc(-n2ncc(C(F)(F)F)cc2=O)ccc1Cl. The number of carbonyl (C=O) groups is 1. The fourth-order valence-electron chi connectivity index (χ4n) is 1.90. The first-order valence-electron chi connectivity index (χ1n) is 7.03. The van der Waals surface area contributed by atoms with Crippen molar-refractivity contribution >= 4 is 23.6 Å². The molecule has 0 aliphatic heterocycles. The summed E-state index contributed by atoms with van der Waals surface area (Å²) in [7, 11) is 0. The van der Waals surface area contributed by atoms with Crippen LogP contribution in [-0.2, 0) is 15.7 Å². The van der Waals surface area contributed by atoms with Gasteiger partial charge in [0.05, 0.1) is 24.1 Å². The number of aromatic nitrogens is 2. The highest BCUT2D eigenvalue weighted by atomic mass is 35.5. The van der Waals surface area contributed by atoms with E-state index in [1.165, 1.54) is 24.3 Å². The summed E-state index contributed by atoms with van der Waals surface area (Å²) < 4.78 is 43.3. The molecule has 0 unspecified atom stereocenters. The quantitative estimate of drug-likeness (QED) is 0.609. The van der Waals surface area contributed by atoms with Gasteiger partial charge in [0.1, 0.15) is 0 Å². The van der Waals surface area contributed by atoms with Crippen molar-refractivity contribution in [3.8, 4) is 5.69 Å². The van der Waals surface area contributed by atoms with Crippen LogP contribution in [0.15, 0.2) is 41.3 Å². The number of hydrogen-bond donors (Lipinski definition) is 0. The number of carbonyl (C=O) groups excluding carboxylic acids is 1. The van der Waals surface area contributed by atoms with Crippen molar-refractivity contribution in [3.05, 3.63) is 63.0 Å². The maximum Gasteiger partial charge on any atom is 0.418 e. The maximum atomic E-state index is 12.6. The summed E-state index contributed by atoms with van der Waals surface area (Å²) in [5.74, 6) is -0.575. The number of alkyl halides is 3. The second-order valence-corrected chi connectivity index (χ2v) is 5.19. The lowest BCUT2D eigenvalue weighted by Gasteiger charge is -2.09. The molecule has 25 heavy (non-hydrogen) atoms. The third-order valence-electron chi connectivity index (χ3n) is 3.04. The third kappa shape index (κ3) is 4.69. The Labute approximate surface area is 145 Å². The predicted molar refractivity (Wildman–Crippen MR) is 85.5 cm³/mol. The minimum Gasteiger partial charge on any atom is -0.463 e. The van der Waals surface area contributed by atoms with Gasteiger partial charge in [-0.3, -0.25) is 4.79 Å². The number of nitrogens with zero attached hydrogens (tertiary/aromatic N) is 2. The third-order valence-corrected chi connectivity index (χ3v) is 3.38. The standard InChI is InChI=1S/C16H12ClF3N2O3/c1-2-25-15(24)6-3-10-7-12(4-5-13(10)17)22-14(23)8-11(9-21-22)16(18,19)20/h3-9H,2H2,1H3/b6-3+. The van der Waals surface area contributed by atoms with Gasteiger partial charge in [-0.05, 0) is 36.8 Å². The van der Waals surface area contributed by atoms with E-state index < -0.39 is 23.3 Å². The Morgan fingerprint density at radius 3 is 2.68 bits per heavy atom. The number of hydrogen-bond acceptors (Lipinski definition) is 4. The lowest BCUT2D eigenvalue weighted by Crippen LogP contribution is -2.23. The highest BCUT2D eigenvalue weighted by Gasteiger charge is 2.31. The van der Waals surface area contributed by atoms with Gasteiger partial charge in [0, 0.05) is 17.2 Å². The largest absolute Gasteiger partial charge is 0.463 e. The molecule has 0 amide bonds. The van der Waals surface area contributed by atoms with Crippen molar-refractivity contribution in [2.24, 2.45) is 0 Å². The maximum absolute atomic E-state index is 12.6. The first kappa shape index (κ1) is 18.7. The Bertz CT molecular complexity index is 876. The van der Waals surface area contributed by atoms with Crippen molar-refractivity contribution < 1.29 is 22.7 Å². The van der Waals surface area contributed by atoms with Crippen molar-refractivity contribution in [2.75, 3.05) is 6.61 Å². The van der Waals surface area contributed by atoms with Gasteiger partial charge in [0.15, 0.2) is 0 Å². The zero-order valence-corrected chi connectivity index (χ0v) is 13.6. The molecule has 5 nitrogen and oxygen atoms in total. The van der Waals surface area contributed by atoms with Gasteiger partial charge >= 0.3 is 12.1 Å². The van der Waals surface area contributed by atoms with Gasteiger partial charge in [-0.15, -0.1) is 0 Å². The van der Waals surface area contributed by atoms with Crippen LogP contribution in [-0.4, -0.2) is 22.4 Å². The minimum absolute atomic E-state index is 0.201. The topological polar surface area (TPSA) is 61.2 Å². The lowest BCUT2D eigenvalue weighted by atomic mass is 10.2. The van der Waals surface area contributed by atoms with Crippen molar-refractivity contribution in [1.82, 2.24) is 9.78 Å². The van der Waals surface area contributed by atoms with Gasteiger partial charge in [0.25, 0.3) is 5.56 Å². The first-order valence-corrected chi connectivity index (χ1v) is 7.41. The van der Waals surface area contributed by atoms with Crippen LogP contribution in [0.5, 0.6) is 0 Å². The monoisotopic (exact) mass is 372 g/mol. The molecule has 1 heterocycles. The van der Waals surface area contributed by atoms with Crippen LogP contribution in [0.25, 0.3) is 11.8 Å². The highest BCUT2D eigenvalue weighted by molar-refractivity contribution is 6.32. The van der Waals surface area contributed by atoms with E-state index in [1.807, 2.05) is 0 Å². The van der Waals surface area contributed by atoms with E-state index in [0.717, 1.165) is 10.8 Å². The van der Waals surface area contributed by atoms with E-state index in [0.29, 0.717) is 17.8 Å². The molecule has 0 aliphatic carbocycles. The summed E-state index contributed by atoms with van der Waals surface area (Å²) in [4.78, 5) is 23.3. The van der Waals surface area contributed by atoms with Crippen LogP contribution in [0.1, 0.15) is 18.1 Å². The summed E-state index contributed by atoms with van der Waals surface area (Å²) >= 11 is 6.01. The van der Waals surface area contributed by atoms with Crippen molar-refractivity contribution in [2.45, 2.75) is 13.1 Å². The second kappa shape index (κ2) is 7.52. The molecule has 2 rings (SSSR count). The van der Waals surface area contributed by atoms with Crippen LogP contribution in [0.4, 0.5) is 13.2 Å². The number of esters is 1. The van der Waals surface area contributed by atoms with E-state index in [-0.39, 0.29) is 17.3 Å². The predicted octanol–water partition coefficient (Wildman–Crippen LogP) is 3.48. The summed E-state index contributed by atoms with van der Waals surface area (Å²) in [5, 5.41) is 3.82. The van der Waals surface area contributed by atoms with Crippen molar-refractivity contribution in [1.29, 1.82) is 0 Å². The fraction of sp³-hybridized carbons (Fsp3) is 0.188. The molecule has 0 bridgehead atoms. The normalized spacial score (nSPS) is 11.7. The minimum atomic E-state index is -4.65. The zero-order chi connectivity index (χ0) is 18.6. The molecule has 0 N–H and O–H groups in total. The first-order chi connectivity index (χ1) is 11.7. The Morgan fingerprint density at radius 2 is 2.08 bits per heavy atom. The molecular formula is C16H12ClF3N2O3. The number of halogens is 4. The van der Waals surface area contributed by atoms with E-state index in [2.05, 4.69) is 5.10 Å². The molecule has 0 saturated carbocycles. The van der Waals surface area contributed by atoms with Gasteiger partial charge in [-0.2, -0.15) is 23.0 Å². The van der Waals surface area contributed by atoms with Crippen molar-refractivity contribution in [3.63, 3.8) is 0 Å². The Kier molecular flexibility index (Phi) is 5.63. The van der Waals surface area contributed by atoms with E-state index in [9.17, 15) is 22.8 Å². The van der Waals surface area contributed by atoms with Crippen LogP contribution in [0.3, 0.4) is 0 Å². The summed E-state index contributed by atoms with van der Waals surface area (Å²) in [5.41, 5.74) is -1.50. The van der Waals surface area contributed by atoms with Gasteiger partial charge < -0.3 is 4.74 Å². The van der Waals surface area contributed by atoms with E-state index >= 15 is 0 Å².